The van der Waals surface area contributed by atoms with Crippen LogP contribution in [0.2, 0.25) is 0 Å². The standard InChI is InChI=1S/C25H30O5/c1-16(2)5-4-6-17(3)7-10-19-22(27)14-11-20(25(19)30)21(26)12-8-18-9-13-23(28)24(29)15-18/h5,7-9,11-13,15,19,25,28-30H,4,6,10,14H2,1-3H3. The van der Waals surface area contributed by atoms with E-state index >= 15 is 0 Å². The molecule has 0 spiro atoms. The second kappa shape index (κ2) is 10.7. The molecule has 160 valence electrons. The van der Waals surface area contributed by atoms with Crippen molar-refractivity contribution in [3.05, 3.63) is 64.8 Å². The Hall–Kier alpha value is -2.92. The number of rotatable bonds is 8. The number of benzene rings is 1. The van der Waals surface area contributed by atoms with Gasteiger partial charge in [0.05, 0.1) is 12.0 Å². The summed E-state index contributed by atoms with van der Waals surface area (Å²) in [6.07, 6.45) is 9.66. The molecule has 1 aliphatic carbocycles. The van der Waals surface area contributed by atoms with Crippen molar-refractivity contribution in [2.24, 2.45) is 5.92 Å². The Balaban J connectivity index is 2.04. The minimum absolute atomic E-state index is 0.0696. The molecule has 0 amide bonds. The molecule has 5 nitrogen and oxygen atoms in total. The van der Waals surface area contributed by atoms with Gasteiger partial charge in [-0.3, -0.25) is 9.59 Å². The molecule has 0 heterocycles. The second-order valence-corrected chi connectivity index (χ2v) is 7.93. The molecule has 5 heteroatoms. The van der Waals surface area contributed by atoms with Crippen LogP contribution in [0.4, 0.5) is 0 Å². The van der Waals surface area contributed by atoms with Crippen molar-refractivity contribution in [2.45, 2.75) is 52.6 Å². The third-order valence-electron chi connectivity index (χ3n) is 5.16. The molecule has 2 rings (SSSR count). The van der Waals surface area contributed by atoms with E-state index in [2.05, 4.69) is 19.9 Å². The Morgan fingerprint density at radius 2 is 1.87 bits per heavy atom. The molecule has 0 saturated heterocycles. The lowest BCUT2D eigenvalue weighted by Gasteiger charge is -2.26. The van der Waals surface area contributed by atoms with E-state index in [1.807, 2.05) is 13.0 Å². The zero-order valence-corrected chi connectivity index (χ0v) is 17.8. The van der Waals surface area contributed by atoms with Crippen LogP contribution < -0.4 is 0 Å². The van der Waals surface area contributed by atoms with Crippen LogP contribution in [0.1, 0.15) is 52.0 Å². The molecule has 0 aromatic heterocycles. The first kappa shape index (κ1) is 23.4. The number of hydrogen-bond acceptors (Lipinski definition) is 5. The highest BCUT2D eigenvalue weighted by molar-refractivity contribution is 6.08. The zero-order chi connectivity index (χ0) is 22.3. The first-order valence-electron chi connectivity index (χ1n) is 10.1. The summed E-state index contributed by atoms with van der Waals surface area (Å²) in [4.78, 5) is 24.9. The molecule has 0 bridgehead atoms. The number of Topliss-reactive ketones (excluding diaryl/α,β-unsaturated/α-hetero) is 1. The summed E-state index contributed by atoms with van der Waals surface area (Å²) in [6, 6.07) is 4.22. The van der Waals surface area contributed by atoms with Gasteiger partial charge in [-0.1, -0.05) is 41.5 Å². The summed E-state index contributed by atoms with van der Waals surface area (Å²) in [6.45, 7) is 6.12. The Labute approximate surface area is 177 Å². The number of carbonyl (C=O) groups is 2. The first-order valence-corrected chi connectivity index (χ1v) is 10.1. The molecular formula is C25H30O5. The predicted octanol–water partition coefficient (Wildman–Crippen LogP) is 4.64. The molecule has 3 N–H and O–H groups in total. The number of aromatic hydroxyl groups is 2. The van der Waals surface area contributed by atoms with Crippen molar-refractivity contribution in [1.29, 1.82) is 0 Å². The molecule has 1 aromatic carbocycles. The van der Waals surface area contributed by atoms with Gasteiger partial charge in [0.15, 0.2) is 17.3 Å². The fourth-order valence-corrected chi connectivity index (χ4v) is 3.31. The van der Waals surface area contributed by atoms with E-state index in [0.29, 0.717) is 12.0 Å². The van der Waals surface area contributed by atoms with Gasteiger partial charge in [0.2, 0.25) is 0 Å². The molecule has 1 aromatic rings. The normalized spacial score (nSPS) is 19.7. The Morgan fingerprint density at radius 3 is 2.53 bits per heavy atom. The molecule has 0 radical (unpaired) electrons. The summed E-state index contributed by atoms with van der Waals surface area (Å²) in [5.74, 6) is -1.59. The number of aliphatic hydroxyl groups is 1. The van der Waals surface area contributed by atoms with Crippen molar-refractivity contribution < 1.29 is 24.9 Å². The number of allylic oxidation sites excluding steroid dienone is 6. The van der Waals surface area contributed by atoms with E-state index in [1.54, 1.807) is 6.07 Å². The van der Waals surface area contributed by atoms with E-state index in [9.17, 15) is 24.9 Å². The van der Waals surface area contributed by atoms with Crippen LogP contribution >= 0.6 is 0 Å². The van der Waals surface area contributed by atoms with E-state index in [-0.39, 0.29) is 35.1 Å². The molecule has 0 aliphatic heterocycles. The van der Waals surface area contributed by atoms with Crippen molar-refractivity contribution in [2.75, 3.05) is 0 Å². The largest absolute Gasteiger partial charge is 0.504 e. The Morgan fingerprint density at radius 1 is 1.13 bits per heavy atom. The highest BCUT2D eigenvalue weighted by Crippen LogP contribution is 2.28. The number of hydrogen-bond donors (Lipinski definition) is 3. The highest BCUT2D eigenvalue weighted by atomic mass is 16.3. The number of ketones is 2. The molecule has 30 heavy (non-hydrogen) atoms. The van der Waals surface area contributed by atoms with Gasteiger partial charge in [-0.05, 0) is 63.8 Å². The first-order chi connectivity index (χ1) is 14.2. The monoisotopic (exact) mass is 410 g/mol. The van der Waals surface area contributed by atoms with Gasteiger partial charge in [0, 0.05) is 12.0 Å². The molecule has 2 atom stereocenters. The van der Waals surface area contributed by atoms with E-state index < -0.39 is 12.0 Å². The fraction of sp³-hybridized carbons (Fsp3) is 0.360. The predicted molar refractivity (Wildman–Crippen MR) is 118 cm³/mol. The van der Waals surface area contributed by atoms with Crippen LogP contribution in [0.3, 0.4) is 0 Å². The number of carbonyl (C=O) groups excluding carboxylic acids is 2. The number of phenolic OH excluding ortho intramolecular Hbond substituents is 2. The molecule has 0 fully saturated rings. The van der Waals surface area contributed by atoms with Gasteiger partial charge in [-0.15, -0.1) is 0 Å². The summed E-state index contributed by atoms with van der Waals surface area (Å²) >= 11 is 0. The van der Waals surface area contributed by atoms with Gasteiger partial charge in [-0.25, -0.2) is 0 Å². The summed E-state index contributed by atoms with van der Waals surface area (Å²) in [5, 5.41) is 29.5. The summed E-state index contributed by atoms with van der Waals surface area (Å²) in [7, 11) is 0. The van der Waals surface area contributed by atoms with Crippen molar-refractivity contribution in [3.63, 3.8) is 0 Å². The lowest BCUT2D eigenvalue weighted by Crippen LogP contribution is -2.35. The molecular weight excluding hydrogens is 380 g/mol. The second-order valence-electron chi connectivity index (χ2n) is 7.93. The fourth-order valence-electron chi connectivity index (χ4n) is 3.31. The lowest BCUT2D eigenvalue weighted by molar-refractivity contribution is -0.126. The molecule has 1 aliphatic rings. The summed E-state index contributed by atoms with van der Waals surface area (Å²) in [5.41, 5.74) is 3.17. The van der Waals surface area contributed by atoms with Crippen molar-refractivity contribution >= 4 is 17.6 Å². The van der Waals surface area contributed by atoms with Crippen LogP contribution in [0.5, 0.6) is 11.5 Å². The smallest absolute Gasteiger partial charge is 0.184 e. The van der Waals surface area contributed by atoms with Crippen LogP contribution in [-0.2, 0) is 9.59 Å². The van der Waals surface area contributed by atoms with Crippen LogP contribution in [-0.4, -0.2) is 33.0 Å². The third kappa shape index (κ3) is 6.56. The van der Waals surface area contributed by atoms with Gasteiger partial charge in [0.1, 0.15) is 5.78 Å². The van der Waals surface area contributed by atoms with Crippen LogP contribution in [0, 0.1) is 5.92 Å². The maximum absolute atomic E-state index is 12.6. The van der Waals surface area contributed by atoms with E-state index in [0.717, 1.165) is 18.4 Å². The van der Waals surface area contributed by atoms with Crippen LogP contribution in [0.15, 0.2) is 59.2 Å². The van der Waals surface area contributed by atoms with Crippen molar-refractivity contribution in [3.8, 4) is 11.5 Å². The van der Waals surface area contributed by atoms with Gasteiger partial charge in [0.25, 0.3) is 0 Å². The quantitative estimate of drug-likeness (QED) is 0.330. The van der Waals surface area contributed by atoms with Crippen LogP contribution in [0.25, 0.3) is 6.08 Å². The SMILES string of the molecule is CC(C)=CCCC(C)=CCC1C(=O)CC=C(C(=O)C=Cc2ccc(O)c(O)c2)C1O. The zero-order valence-electron chi connectivity index (χ0n) is 17.8. The lowest BCUT2D eigenvalue weighted by atomic mass is 9.80. The average Bonchev–Trinajstić information content (AvgIpc) is 2.68. The van der Waals surface area contributed by atoms with E-state index in [1.165, 1.54) is 35.9 Å². The van der Waals surface area contributed by atoms with Gasteiger partial charge >= 0.3 is 0 Å². The number of aliphatic hydroxyl groups excluding tert-OH is 1. The Bertz CT molecular complexity index is 913. The Kier molecular flexibility index (Phi) is 8.36. The summed E-state index contributed by atoms with van der Waals surface area (Å²) < 4.78 is 0. The van der Waals surface area contributed by atoms with Gasteiger partial charge < -0.3 is 15.3 Å². The highest BCUT2D eigenvalue weighted by Gasteiger charge is 2.33. The maximum Gasteiger partial charge on any atom is 0.184 e. The third-order valence-corrected chi connectivity index (χ3v) is 5.16. The molecule has 2 unspecified atom stereocenters. The average molecular weight is 411 g/mol. The van der Waals surface area contributed by atoms with Gasteiger partial charge in [-0.2, -0.15) is 0 Å². The topological polar surface area (TPSA) is 94.8 Å². The maximum atomic E-state index is 12.6. The van der Waals surface area contributed by atoms with E-state index in [4.69, 9.17) is 0 Å². The minimum Gasteiger partial charge on any atom is -0.504 e. The minimum atomic E-state index is -1.14. The molecule has 0 saturated carbocycles. The number of phenols is 2. The van der Waals surface area contributed by atoms with Crippen molar-refractivity contribution in [1.82, 2.24) is 0 Å².